The van der Waals surface area contributed by atoms with Gasteiger partial charge in [-0.15, -0.1) is 0 Å². The van der Waals surface area contributed by atoms with E-state index in [4.69, 9.17) is 11.6 Å². The van der Waals surface area contributed by atoms with Crippen LogP contribution in [-0.4, -0.2) is 25.4 Å². The van der Waals surface area contributed by atoms with E-state index in [0.29, 0.717) is 16.4 Å². The number of rotatable bonds is 5. The predicted octanol–water partition coefficient (Wildman–Crippen LogP) is 4.56. The molecule has 150 valence electrons. The first kappa shape index (κ1) is 20.8. The van der Waals surface area contributed by atoms with Crippen molar-refractivity contribution in [2.45, 2.75) is 57.2 Å². The van der Waals surface area contributed by atoms with Gasteiger partial charge in [-0.05, 0) is 61.2 Å². The summed E-state index contributed by atoms with van der Waals surface area (Å²) in [5.74, 6) is 0.501. The molecule has 0 saturated heterocycles. The largest absolute Gasteiger partial charge is 0.293 e. The van der Waals surface area contributed by atoms with Gasteiger partial charge in [-0.2, -0.15) is 0 Å². The summed E-state index contributed by atoms with van der Waals surface area (Å²) in [5, 5.41) is 0.490. The SMILES string of the molecule is Cc1cc(CS(=O)(=O)c2ccc(Cl)cc2)cnc1N(C(=O)C(C)(C)C)C1CC1. The first-order chi connectivity index (χ1) is 13.0. The Balaban J connectivity index is 1.87. The second kappa shape index (κ2) is 7.48. The fraction of sp³-hybridized carbons (Fsp3) is 0.429. The van der Waals surface area contributed by atoms with Gasteiger partial charge in [0.1, 0.15) is 5.82 Å². The van der Waals surface area contributed by atoms with E-state index < -0.39 is 15.3 Å². The number of aryl methyl sites for hydroxylation is 1. The Morgan fingerprint density at radius 3 is 2.32 bits per heavy atom. The van der Waals surface area contributed by atoms with Crippen LogP contribution in [0.4, 0.5) is 5.82 Å². The highest BCUT2D eigenvalue weighted by atomic mass is 35.5. The molecule has 28 heavy (non-hydrogen) atoms. The van der Waals surface area contributed by atoms with Crippen LogP contribution >= 0.6 is 11.6 Å². The molecule has 1 fully saturated rings. The van der Waals surface area contributed by atoms with Crippen LogP contribution in [0.5, 0.6) is 0 Å². The number of aromatic nitrogens is 1. The lowest BCUT2D eigenvalue weighted by molar-refractivity contribution is -0.125. The average molecular weight is 421 g/mol. The van der Waals surface area contributed by atoms with Crippen molar-refractivity contribution in [3.8, 4) is 0 Å². The molecule has 2 aromatic rings. The minimum Gasteiger partial charge on any atom is -0.293 e. The third-order valence-corrected chi connectivity index (χ3v) is 6.59. The average Bonchev–Trinajstić information content (AvgIpc) is 3.41. The number of benzene rings is 1. The predicted molar refractivity (Wildman–Crippen MR) is 111 cm³/mol. The minimum atomic E-state index is -3.50. The van der Waals surface area contributed by atoms with Gasteiger partial charge in [0.05, 0.1) is 10.6 Å². The minimum absolute atomic E-state index is 0.0344. The summed E-state index contributed by atoms with van der Waals surface area (Å²) >= 11 is 5.84. The second-order valence-corrected chi connectivity index (χ2v) is 10.8. The number of amides is 1. The highest BCUT2D eigenvalue weighted by Crippen LogP contribution is 2.36. The normalized spacial score (nSPS) is 14.8. The van der Waals surface area contributed by atoms with E-state index >= 15 is 0 Å². The number of carbonyl (C=O) groups excluding carboxylic acids is 1. The van der Waals surface area contributed by atoms with E-state index in [1.807, 2.05) is 27.7 Å². The molecule has 3 rings (SSSR count). The molecule has 1 aliphatic carbocycles. The van der Waals surface area contributed by atoms with Crippen LogP contribution in [-0.2, 0) is 20.4 Å². The monoisotopic (exact) mass is 420 g/mol. The van der Waals surface area contributed by atoms with E-state index in [2.05, 4.69) is 4.98 Å². The highest BCUT2D eigenvalue weighted by Gasteiger charge is 2.39. The molecule has 0 aliphatic heterocycles. The number of carbonyl (C=O) groups is 1. The molecule has 1 heterocycles. The molecule has 1 amide bonds. The molecular formula is C21H25ClN2O3S. The molecule has 1 aromatic carbocycles. The quantitative estimate of drug-likeness (QED) is 0.711. The van der Waals surface area contributed by atoms with Crippen LogP contribution < -0.4 is 4.90 Å². The summed E-state index contributed by atoms with van der Waals surface area (Å²) in [6.07, 6.45) is 3.49. The van der Waals surface area contributed by atoms with Gasteiger partial charge in [-0.3, -0.25) is 9.69 Å². The smallest absolute Gasteiger partial charge is 0.233 e. The number of sulfone groups is 1. The van der Waals surface area contributed by atoms with Gasteiger partial charge in [0, 0.05) is 22.7 Å². The van der Waals surface area contributed by atoms with Crippen LogP contribution in [0.3, 0.4) is 0 Å². The number of hydrogen-bond acceptors (Lipinski definition) is 4. The van der Waals surface area contributed by atoms with Gasteiger partial charge in [0.15, 0.2) is 9.84 Å². The van der Waals surface area contributed by atoms with Crippen molar-refractivity contribution < 1.29 is 13.2 Å². The Kier molecular flexibility index (Phi) is 5.56. The van der Waals surface area contributed by atoms with Crippen LogP contribution in [0.1, 0.15) is 44.7 Å². The Hall–Kier alpha value is -1.92. The topological polar surface area (TPSA) is 67.3 Å². The van der Waals surface area contributed by atoms with Gasteiger partial charge in [0.2, 0.25) is 5.91 Å². The molecule has 1 aromatic heterocycles. The molecule has 5 nitrogen and oxygen atoms in total. The lowest BCUT2D eigenvalue weighted by Gasteiger charge is -2.30. The van der Waals surface area contributed by atoms with Crippen molar-refractivity contribution in [2.24, 2.45) is 5.41 Å². The van der Waals surface area contributed by atoms with Crippen LogP contribution in [0, 0.1) is 12.3 Å². The van der Waals surface area contributed by atoms with Crippen molar-refractivity contribution in [3.63, 3.8) is 0 Å². The summed E-state index contributed by atoms with van der Waals surface area (Å²) in [6, 6.07) is 8.12. The van der Waals surface area contributed by atoms with E-state index in [1.54, 1.807) is 29.3 Å². The molecule has 0 radical (unpaired) electrons. The molecule has 0 bridgehead atoms. The summed E-state index contributed by atoms with van der Waals surface area (Å²) in [7, 11) is -3.50. The van der Waals surface area contributed by atoms with Crippen molar-refractivity contribution >= 4 is 33.2 Å². The lowest BCUT2D eigenvalue weighted by atomic mass is 9.94. The van der Waals surface area contributed by atoms with Gasteiger partial charge in [0.25, 0.3) is 0 Å². The number of nitrogens with zero attached hydrogens (tertiary/aromatic N) is 2. The molecule has 0 unspecified atom stereocenters. The van der Waals surface area contributed by atoms with Crippen LogP contribution in [0.25, 0.3) is 0 Å². The fourth-order valence-electron chi connectivity index (χ4n) is 3.03. The van der Waals surface area contributed by atoms with Crippen molar-refractivity contribution in [1.29, 1.82) is 0 Å². The third kappa shape index (κ3) is 4.55. The summed E-state index contributed by atoms with van der Waals surface area (Å²) in [6.45, 7) is 7.55. The Morgan fingerprint density at radius 1 is 1.21 bits per heavy atom. The maximum atomic E-state index is 12.9. The van der Waals surface area contributed by atoms with Crippen molar-refractivity contribution in [3.05, 3.63) is 52.7 Å². The van der Waals surface area contributed by atoms with Gasteiger partial charge < -0.3 is 0 Å². The summed E-state index contributed by atoms with van der Waals surface area (Å²) in [5.41, 5.74) is 0.885. The number of halogens is 1. The fourth-order valence-corrected chi connectivity index (χ4v) is 4.47. The zero-order valence-electron chi connectivity index (χ0n) is 16.6. The number of anilines is 1. The Labute approximate surface area is 171 Å². The van der Waals surface area contributed by atoms with Crippen LogP contribution in [0.2, 0.25) is 5.02 Å². The van der Waals surface area contributed by atoms with E-state index in [1.165, 1.54) is 12.1 Å². The molecule has 0 spiro atoms. The van der Waals surface area contributed by atoms with E-state index in [-0.39, 0.29) is 22.6 Å². The van der Waals surface area contributed by atoms with Crippen molar-refractivity contribution in [2.75, 3.05) is 4.90 Å². The molecular weight excluding hydrogens is 396 g/mol. The maximum Gasteiger partial charge on any atom is 0.233 e. The van der Waals surface area contributed by atoms with Crippen LogP contribution in [0.15, 0.2) is 41.4 Å². The third-order valence-electron chi connectivity index (χ3n) is 4.64. The Bertz CT molecular complexity index is 991. The molecule has 7 heteroatoms. The van der Waals surface area contributed by atoms with Gasteiger partial charge >= 0.3 is 0 Å². The number of pyridine rings is 1. The summed E-state index contributed by atoms with van der Waals surface area (Å²) in [4.78, 5) is 19.4. The van der Waals surface area contributed by atoms with E-state index in [0.717, 1.165) is 18.4 Å². The lowest BCUT2D eigenvalue weighted by Crippen LogP contribution is -2.42. The van der Waals surface area contributed by atoms with Crippen molar-refractivity contribution in [1.82, 2.24) is 4.98 Å². The summed E-state index contributed by atoms with van der Waals surface area (Å²) < 4.78 is 25.3. The molecule has 0 N–H and O–H groups in total. The molecule has 1 aliphatic rings. The zero-order valence-corrected chi connectivity index (χ0v) is 18.1. The Morgan fingerprint density at radius 2 is 1.82 bits per heavy atom. The highest BCUT2D eigenvalue weighted by molar-refractivity contribution is 7.90. The van der Waals surface area contributed by atoms with Gasteiger partial charge in [-0.25, -0.2) is 13.4 Å². The standard InChI is InChI=1S/C21H25ClN2O3S/c1-14-11-15(13-28(26,27)18-9-5-16(22)6-10-18)12-23-19(14)24(17-7-8-17)20(25)21(2,3)4/h5-6,9-12,17H,7-8,13H2,1-4H3. The van der Waals surface area contributed by atoms with Gasteiger partial charge in [-0.1, -0.05) is 32.4 Å². The zero-order chi connectivity index (χ0) is 20.7. The second-order valence-electron chi connectivity index (χ2n) is 8.35. The molecule has 1 saturated carbocycles. The molecule has 0 atom stereocenters. The van der Waals surface area contributed by atoms with E-state index in [9.17, 15) is 13.2 Å². The maximum absolute atomic E-state index is 12.9. The number of hydrogen-bond donors (Lipinski definition) is 0. The first-order valence-electron chi connectivity index (χ1n) is 9.26. The first-order valence-corrected chi connectivity index (χ1v) is 11.3.